The summed E-state index contributed by atoms with van der Waals surface area (Å²) in [5.74, 6) is 0.335. The summed E-state index contributed by atoms with van der Waals surface area (Å²) in [4.78, 5) is 12.4. The molecule has 2 rings (SSSR count). The highest BCUT2D eigenvalue weighted by atomic mass is 32.2. The smallest absolute Gasteiger partial charge is 0.241 e. The Morgan fingerprint density at radius 2 is 1.76 bits per heavy atom. The largest absolute Gasteiger partial charge is 0.494 e. The topological polar surface area (TPSA) is 84.5 Å². The number of hydrogen-bond acceptors (Lipinski definition) is 4. The lowest BCUT2D eigenvalue weighted by Gasteiger charge is -2.20. The predicted molar refractivity (Wildman–Crippen MR) is 97.0 cm³/mol. The second kappa shape index (κ2) is 9.20. The zero-order valence-electron chi connectivity index (χ0n) is 15.0. The van der Waals surface area contributed by atoms with Crippen LogP contribution in [0.5, 0.6) is 5.75 Å². The fraction of sp³-hybridized carbons (Fsp3) is 0.611. The van der Waals surface area contributed by atoms with Crippen molar-refractivity contribution in [1.82, 2.24) is 10.0 Å². The zero-order chi connectivity index (χ0) is 18.3. The van der Waals surface area contributed by atoms with Gasteiger partial charge in [-0.2, -0.15) is 4.72 Å². The van der Waals surface area contributed by atoms with Gasteiger partial charge in [0.15, 0.2) is 0 Å². The van der Waals surface area contributed by atoms with Gasteiger partial charge in [-0.3, -0.25) is 4.79 Å². The van der Waals surface area contributed by atoms with E-state index >= 15 is 0 Å². The summed E-state index contributed by atoms with van der Waals surface area (Å²) in [6.45, 7) is 3.95. The Balaban J connectivity index is 1.94. The van der Waals surface area contributed by atoms with Gasteiger partial charge in [0.1, 0.15) is 5.75 Å². The van der Waals surface area contributed by atoms with Crippen LogP contribution in [0.1, 0.15) is 52.4 Å². The molecule has 0 heterocycles. The third-order valence-corrected chi connectivity index (χ3v) is 5.93. The van der Waals surface area contributed by atoms with E-state index in [1.165, 1.54) is 25.0 Å². The van der Waals surface area contributed by atoms with Crippen molar-refractivity contribution < 1.29 is 17.9 Å². The lowest BCUT2D eigenvalue weighted by atomic mass is 10.1. The van der Waals surface area contributed by atoms with Gasteiger partial charge in [0.25, 0.3) is 0 Å². The van der Waals surface area contributed by atoms with E-state index in [2.05, 4.69) is 10.0 Å². The van der Waals surface area contributed by atoms with Gasteiger partial charge in [0, 0.05) is 6.04 Å². The molecule has 1 aliphatic carbocycles. The number of ether oxygens (including phenoxy) is 1. The number of nitrogens with one attached hydrogen (secondary N) is 2. The molecule has 0 bridgehead atoms. The molecular weight excluding hydrogens is 340 g/mol. The summed E-state index contributed by atoms with van der Waals surface area (Å²) in [5.41, 5.74) is 0. The van der Waals surface area contributed by atoms with Crippen molar-refractivity contribution in [3.05, 3.63) is 24.3 Å². The molecule has 1 atom stereocenters. The molecule has 1 aromatic rings. The van der Waals surface area contributed by atoms with Crippen molar-refractivity contribution in [3.63, 3.8) is 0 Å². The van der Waals surface area contributed by atoms with Gasteiger partial charge < -0.3 is 10.1 Å². The summed E-state index contributed by atoms with van der Waals surface area (Å²) in [7, 11) is -3.75. The van der Waals surface area contributed by atoms with Crippen LogP contribution in [0.25, 0.3) is 0 Å². The number of carbonyl (C=O) groups excluding carboxylic acids is 1. The third kappa shape index (κ3) is 6.01. The van der Waals surface area contributed by atoms with Crippen LogP contribution in [0.3, 0.4) is 0 Å². The van der Waals surface area contributed by atoms with Crippen molar-refractivity contribution >= 4 is 15.9 Å². The van der Waals surface area contributed by atoms with Crippen LogP contribution in [0.15, 0.2) is 29.2 Å². The minimum absolute atomic E-state index is 0.116. The van der Waals surface area contributed by atoms with Crippen molar-refractivity contribution in [1.29, 1.82) is 0 Å². The van der Waals surface area contributed by atoms with E-state index in [-0.39, 0.29) is 16.8 Å². The normalized spacial score (nSPS) is 17.5. The van der Waals surface area contributed by atoms with E-state index in [1.54, 1.807) is 19.1 Å². The monoisotopic (exact) mass is 368 g/mol. The lowest BCUT2D eigenvalue weighted by Crippen LogP contribution is -2.47. The van der Waals surface area contributed by atoms with Crippen molar-refractivity contribution in [2.24, 2.45) is 0 Å². The molecule has 0 spiro atoms. The van der Waals surface area contributed by atoms with Gasteiger partial charge in [-0.15, -0.1) is 0 Å². The molecule has 0 saturated heterocycles. The maximum atomic E-state index is 12.4. The van der Waals surface area contributed by atoms with E-state index in [0.717, 1.165) is 25.7 Å². The summed E-state index contributed by atoms with van der Waals surface area (Å²) in [5, 5.41) is 2.97. The van der Waals surface area contributed by atoms with Gasteiger partial charge in [0.05, 0.1) is 17.5 Å². The second-order valence-corrected chi connectivity index (χ2v) is 8.16. The number of sulfonamides is 1. The molecule has 1 fully saturated rings. The maximum Gasteiger partial charge on any atom is 0.241 e. The Morgan fingerprint density at radius 1 is 1.16 bits per heavy atom. The minimum Gasteiger partial charge on any atom is -0.494 e. The van der Waals surface area contributed by atoms with E-state index in [9.17, 15) is 13.2 Å². The first-order valence-electron chi connectivity index (χ1n) is 8.98. The fourth-order valence-corrected chi connectivity index (χ4v) is 4.19. The van der Waals surface area contributed by atoms with Crippen LogP contribution in [0, 0.1) is 0 Å². The highest BCUT2D eigenvalue weighted by Gasteiger charge is 2.24. The Morgan fingerprint density at radius 3 is 2.32 bits per heavy atom. The first-order valence-corrected chi connectivity index (χ1v) is 10.5. The van der Waals surface area contributed by atoms with E-state index in [0.29, 0.717) is 12.4 Å². The minimum atomic E-state index is -3.75. The maximum absolute atomic E-state index is 12.4. The Hall–Kier alpha value is -1.60. The van der Waals surface area contributed by atoms with Gasteiger partial charge in [-0.1, -0.05) is 25.7 Å². The molecule has 1 aromatic carbocycles. The highest BCUT2D eigenvalue weighted by molar-refractivity contribution is 7.89. The molecule has 140 valence electrons. The van der Waals surface area contributed by atoms with Crippen molar-refractivity contribution in [3.8, 4) is 5.75 Å². The van der Waals surface area contributed by atoms with Crippen LogP contribution in [0.2, 0.25) is 0 Å². The number of benzene rings is 1. The van der Waals surface area contributed by atoms with E-state index in [1.807, 2.05) is 6.92 Å². The van der Waals surface area contributed by atoms with Gasteiger partial charge in [0.2, 0.25) is 15.9 Å². The molecule has 1 aliphatic rings. The van der Waals surface area contributed by atoms with E-state index < -0.39 is 16.1 Å². The average molecular weight is 368 g/mol. The first kappa shape index (κ1) is 19.7. The molecule has 0 unspecified atom stereocenters. The van der Waals surface area contributed by atoms with Gasteiger partial charge >= 0.3 is 0 Å². The molecule has 25 heavy (non-hydrogen) atoms. The van der Waals surface area contributed by atoms with Crippen LogP contribution < -0.4 is 14.8 Å². The average Bonchev–Trinajstić information content (AvgIpc) is 2.84. The second-order valence-electron chi connectivity index (χ2n) is 6.44. The SMILES string of the molecule is CCOc1ccc(S(=O)(=O)N[C@H](C)C(=O)NC2CCCCCC2)cc1. The molecule has 2 N–H and O–H groups in total. The summed E-state index contributed by atoms with van der Waals surface area (Å²) >= 11 is 0. The molecule has 7 heteroatoms. The summed E-state index contributed by atoms with van der Waals surface area (Å²) in [6, 6.07) is 5.49. The number of rotatable bonds is 7. The lowest BCUT2D eigenvalue weighted by molar-refractivity contribution is -0.123. The van der Waals surface area contributed by atoms with E-state index in [4.69, 9.17) is 4.74 Å². The Kier molecular flexibility index (Phi) is 7.25. The molecule has 1 saturated carbocycles. The van der Waals surface area contributed by atoms with Crippen LogP contribution in [0.4, 0.5) is 0 Å². The number of hydrogen-bond donors (Lipinski definition) is 2. The van der Waals surface area contributed by atoms with Crippen LogP contribution in [-0.2, 0) is 14.8 Å². The standard InChI is InChI=1S/C18H28N2O4S/c1-3-24-16-10-12-17(13-11-16)25(22,23)20-14(2)18(21)19-15-8-6-4-5-7-9-15/h10-15,20H,3-9H2,1-2H3,(H,19,21)/t14-/m1/s1. The first-order chi connectivity index (χ1) is 11.9. The number of amides is 1. The van der Waals surface area contributed by atoms with Gasteiger partial charge in [-0.05, 0) is 51.0 Å². The molecule has 0 aromatic heterocycles. The van der Waals surface area contributed by atoms with Gasteiger partial charge in [-0.25, -0.2) is 8.42 Å². The molecule has 0 aliphatic heterocycles. The predicted octanol–water partition coefficient (Wildman–Crippen LogP) is 2.59. The molecule has 6 nitrogen and oxygen atoms in total. The van der Waals surface area contributed by atoms with Crippen LogP contribution in [-0.4, -0.2) is 33.0 Å². The Bertz CT molecular complexity index is 650. The molecular formula is C18H28N2O4S. The molecule has 1 amide bonds. The highest BCUT2D eigenvalue weighted by Crippen LogP contribution is 2.18. The summed E-state index contributed by atoms with van der Waals surface area (Å²) in [6.07, 6.45) is 6.54. The van der Waals surface area contributed by atoms with Crippen molar-refractivity contribution in [2.75, 3.05) is 6.61 Å². The molecule has 0 radical (unpaired) electrons. The third-order valence-electron chi connectivity index (χ3n) is 4.37. The number of carbonyl (C=O) groups is 1. The van der Waals surface area contributed by atoms with Crippen molar-refractivity contribution in [2.45, 2.75) is 69.4 Å². The quantitative estimate of drug-likeness (QED) is 0.725. The van der Waals surface area contributed by atoms with Crippen LogP contribution >= 0.6 is 0 Å². The zero-order valence-corrected chi connectivity index (χ0v) is 15.8. The Labute approximate surface area is 150 Å². The summed E-state index contributed by atoms with van der Waals surface area (Å²) < 4.78 is 32.6. The fourth-order valence-electron chi connectivity index (χ4n) is 2.99.